The monoisotopic (exact) mass is 309 g/mol. The van der Waals surface area contributed by atoms with E-state index in [1.54, 1.807) is 6.26 Å². The minimum atomic E-state index is 0.145. The van der Waals surface area contributed by atoms with Crippen molar-refractivity contribution in [2.45, 2.75) is 38.3 Å². The topological polar surface area (TPSA) is 25.2 Å². The molecule has 4 heteroatoms. The van der Waals surface area contributed by atoms with Gasteiger partial charge in [0.1, 0.15) is 5.76 Å². The highest BCUT2D eigenvalue weighted by atomic mass is 35.5. The molecular formula is C16H17Cl2NO. The smallest absolute Gasteiger partial charge is 0.108 e. The second kappa shape index (κ2) is 5.80. The number of fused-ring (bicyclic) bond motifs is 1. The first-order chi connectivity index (χ1) is 9.65. The van der Waals surface area contributed by atoms with Gasteiger partial charge in [-0.05, 0) is 49.6 Å². The van der Waals surface area contributed by atoms with Crippen LogP contribution in [-0.2, 0) is 6.42 Å². The Morgan fingerprint density at radius 2 is 2.15 bits per heavy atom. The average molecular weight is 310 g/mol. The van der Waals surface area contributed by atoms with Gasteiger partial charge in [-0.25, -0.2) is 0 Å². The van der Waals surface area contributed by atoms with Crippen LogP contribution in [-0.4, -0.2) is 0 Å². The Labute approximate surface area is 129 Å². The van der Waals surface area contributed by atoms with E-state index in [2.05, 4.69) is 18.3 Å². The molecule has 1 aliphatic rings. The zero-order chi connectivity index (χ0) is 14.1. The summed E-state index contributed by atoms with van der Waals surface area (Å²) in [4.78, 5) is 0. The van der Waals surface area contributed by atoms with Gasteiger partial charge in [-0.15, -0.1) is 0 Å². The van der Waals surface area contributed by atoms with E-state index >= 15 is 0 Å². The SMILES string of the molecule is CC(NC1CCCc2occc21)c1cc(Cl)ccc1Cl. The number of aryl methyl sites for hydroxylation is 1. The Morgan fingerprint density at radius 3 is 3.00 bits per heavy atom. The summed E-state index contributed by atoms with van der Waals surface area (Å²) in [5.74, 6) is 1.11. The molecule has 3 rings (SSSR count). The molecule has 1 aromatic carbocycles. The van der Waals surface area contributed by atoms with Gasteiger partial charge < -0.3 is 9.73 Å². The summed E-state index contributed by atoms with van der Waals surface area (Å²) in [6, 6.07) is 8.13. The van der Waals surface area contributed by atoms with Crippen LogP contribution in [0.5, 0.6) is 0 Å². The van der Waals surface area contributed by atoms with Gasteiger partial charge in [0.05, 0.1) is 6.26 Å². The number of hydrogen-bond acceptors (Lipinski definition) is 2. The van der Waals surface area contributed by atoms with Crippen molar-refractivity contribution in [3.8, 4) is 0 Å². The molecule has 106 valence electrons. The van der Waals surface area contributed by atoms with Crippen LogP contribution in [0.2, 0.25) is 10.0 Å². The molecule has 0 aliphatic heterocycles. The third kappa shape index (κ3) is 2.73. The van der Waals surface area contributed by atoms with E-state index in [1.807, 2.05) is 18.2 Å². The summed E-state index contributed by atoms with van der Waals surface area (Å²) in [5.41, 5.74) is 2.32. The fraction of sp³-hybridized carbons (Fsp3) is 0.375. The summed E-state index contributed by atoms with van der Waals surface area (Å²) in [5, 5.41) is 5.10. The van der Waals surface area contributed by atoms with E-state index in [0.29, 0.717) is 11.1 Å². The Hall–Kier alpha value is -0.960. The maximum absolute atomic E-state index is 6.27. The molecule has 2 unspecified atom stereocenters. The summed E-state index contributed by atoms with van der Waals surface area (Å²) >= 11 is 12.3. The average Bonchev–Trinajstić information content (AvgIpc) is 2.91. The quantitative estimate of drug-likeness (QED) is 0.830. The van der Waals surface area contributed by atoms with Crippen LogP contribution < -0.4 is 5.32 Å². The number of furan rings is 1. The molecule has 0 saturated heterocycles. The lowest BCUT2D eigenvalue weighted by Crippen LogP contribution is -2.27. The Kier molecular flexibility index (Phi) is 4.06. The second-order valence-corrected chi connectivity index (χ2v) is 6.14. The lowest BCUT2D eigenvalue weighted by atomic mass is 9.92. The normalized spacial score (nSPS) is 19.6. The van der Waals surface area contributed by atoms with Crippen molar-refractivity contribution in [1.82, 2.24) is 5.32 Å². The van der Waals surface area contributed by atoms with Gasteiger partial charge in [0.2, 0.25) is 0 Å². The van der Waals surface area contributed by atoms with Gasteiger partial charge >= 0.3 is 0 Å². The first-order valence-corrected chi connectivity index (χ1v) is 7.68. The molecule has 1 aromatic heterocycles. The van der Waals surface area contributed by atoms with Crippen LogP contribution in [0.4, 0.5) is 0 Å². The second-order valence-electron chi connectivity index (χ2n) is 5.30. The molecule has 1 aliphatic carbocycles. The van der Waals surface area contributed by atoms with Crippen molar-refractivity contribution in [3.63, 3.8) is 0 Å². The minimum Gasteiger partial charge on any atom is -0.469 e. The molecule has 1 N–H and O–H groups in total. The molecule has 0 amide bonds. The number of rotatable bonds is 3. The van der Waals surface area contributed by atoms with E-state index < -0.39 is 0 Å². The molecule has 2 nitrogen and oxygen atoms in total. The highest BCUT2D eigenvalue weighted by molar-refractivity contribution is 6.33. The molecule has 0 bridgehead atoms. The minimum absolute atomic E-state index is 0.145. The lowest BCUT2D eigenvalue weighted by molar-refractivity contribution is 0.386. The van der Waals surface area contributed by atoms with Crippen molar-refractivity contribution in [3.05, 3.63) is 57.5 Å². The highest BCUT2D eigenvalue weighted by Crippen LogP contribution is 2.34. The predicted octanol–water partition coefficient (Wildman–Crippen LogP) is 5.31. The van der Waals surface area contributed by atoms with Gasteiger partial charge in [-0.1, -0.05) is 23.2 Å². The van der Waals surface area contributed by atoms with Crippen molar-refractivity contribution in [2.24, 2.45) is 0 Å². The van der Waals surface area contributed by atoms with Gasteiger partial charge in [0.15, 0.2) is 0 Å². The van der Waals surface area contributed by atoms with Crippen molar-refractivity contribution >= 4 is 23.2 Å². The Balaban J connectivity index is 1.80. The van der Waals surface area contributed by atoms with Crippen LogP contribution in [0.25, 0.3) is 0 Å². The molecule has 0 radical (unpaired) electrons. The molecule has 0 saturated carbocycles. The van der Waals surface area contributed by atoms with E-state index in [9.17, 15) is 0 Å². The number of halogens is 2. The van der Waals surface area contributed by atoms with Crippen LogP contribution in [0.15, 0.2) is 34.9 Å². The highest BCUT2D eigenvalue weighted by Gasteiger charge is 2.24. The zero-order valence-corrected chi connectivity index (χ0v) is 12.8. The molecule has 2 aromatic rings. The lowest BCUT2D eigenvalue weighted by Gasteiger charge is -2.27. The molecule has 20 heavy (non-hydrogen) atoms. The summed E-state index contributed by atoms with van der Waals surface area (Å²) in [7, 11) is 0. The van der Waals surface area contributed by atoms with Gasteiger partial charge in [-0.3, -0.25) is 0 Å². The number of benzene rings is 1. The standard InChI is InChI=1S/C16H17Cl2NO/c1-10(13-9-11(17)5-6-14(13)18)19-15-3-2-4-16-12(15)7-8-20-16/h5-10,15,19H,2-4H2,1H3. The fourth-order valence-electron chi connectivity index (χ4n) is 2.90. The van der Waals surface area contributed by atoms with Crippen LogP contribution in [0.3, 0.4) is 0 Å². The van der Waals surface area contributed by atoms with Crippen LogP contribution in [0, 0.1) is 0 Å². The zero-order valence-electron chi connectivity index (χ0n) is 11.3. The van der Waals surface area contributed by atoms with Gasteiger partial charge in [0, 0.05) is 34.1 Å². The summed E-state index contributed by atoms with van der Waals surface area (Å²) < 4.78 is 5.53. The van der Waals surface area contributed by atoms with E-state index in [-0.39, 0.29) is 6.04 Å². The fourth-order valence-corrected chi connectivity index (χ4v) is 3.36. The van der Waals surface area contributed by atoms with Crippen molar-refractivity contribution in [1.29, 1.82) is 0 Å². The summed E-state index contributed by atoms with van der Waals surface area (Å²) in [6.45, 7) is 2.12. The first-order valence-electron chi connectivity index (χ1n) is 6.92. The molecule has 0 spiro atoms. The van der Waals surface area contributed by atoms with Crippen molar-refractivity contribution < 1.29 is 4.42 Å². The molecule has 1 heterocycles. The van der Waals surface area contributed by atoms with Gasteiger partial charge in [0.25, 0.3) is 0 Å². The van der Waals surface area contributed by atoms with E-state index in [1.165, 1.54) is 5.56 Å². The largest absolute Gasteiger partial charge is 0.469 e. The third-order valence-electron chi connectivity index (χ3n) is 3.93. The Morgan fingerprint density at radius 1 is 1.30 bits per heavy atom. The van der Waals surface area contributed by atoms with Crippen LogP contribution in [0.1, 0.15) is 48.7 Å². The molecule has 0 fully saturated rings. The molecular weight excluding hydrogens is 293 g/mol. The third-order valence-corrected chi connectivity index (χ3v) is 4.51. The first kappa shape index (κ1) is 14.0. The summed E-state index contributed by atoms with van der Waals surface area (Å²) in [6.07, 6.45) is 5.08. The van der Waals surface area contributed by atoms with Gasteiger partial charge in [-0.2, -0.15) is 0 Å². The number of hydrogen-bond donors (Lipinski definition) is 1. The Bertz CT molecular complexity index is 608. The maximum atomic E-state index is 6.27. The predicted molar refractivity (Wildman–Crippen MR) is 82.4 cm³/mol. The number of nitrogens with one attached hydrogen (secondary N) is 1. The van der Waals surface area contributed by atoms with E-state index in [4.69, 9.17) is 27.6 Å². The maximum Gasteiger partial charge on any atom is 0.108 e. The van der Waals surface area contributed by atoms with Crippen LogP contribution >= 0.6 is 23.2 Å². The van der Waals surface area contributed by atoms with Crippen molar-refractivity contribution in [2.75, 3.05) is 0 Å². The molecule has 2 atom stereocenters. The van der Waals surface area contributed by atoms with E-state index in [0.717, 1.165) is 35.6 Å².